The lowest BCUT2D eigenvalue weighted by atomic mass is 10.1. The summed E-state index contributed by atoms with van der Waals surface area (Å²) in [5.41, 5.74) is 2.21. The first-order valence-corrected chi connectivity index (χ1v) is 6.90. The minimum Gasteiger partial charge on any atom is -0.311 e. The number of anilines is 1. The van der Waals surface area contributed by atoms with Crippen molar-refractivity contribution in [1.29, 1.82) is 0 Å². The number of carbonyl (C=O) groups excluding carboxylic acids is 1. The van der Waals surface area contributed by atoms with E-state index in [1.165, 1.54) is 0 Å². The second-order valence-electron chi connectivity index (χ2n) is 4.36. The number of pyridine rings is 1. The van der Waals surface area contributed by atoms with Gasteiger partial charge >= 0.3 is 0 Å². The Kier molecular flexibility index (Phi) is 4.68. The molecule has 1 amide bonds. The van der Waals surface area contributed by atoms with Crippen LogP contribution < -0.4 is 5.32 Å². The summed E-state index contributed by atoms with van der Waals surface area (Å²) in [5, 5.41) is 2.79. The van der Waals surface area contributed by atoms with E-state index in [-0.39, 0.29) is 5.91 Å². The highest BCUT2D eigenvalue weighted by Gasteiger charge is 2.05. The quantitative estimate of drug-likeness (QED) is 0.933. The van der Waals surface area contributed by atoms with Crippen molar-refractivity contribution >= 4 is 27.7 Å². The molecule has 0 bridgehead atoms. The highest BCUT2D eigenvalue weighted by atomic mass is 79.9. The van der Waals surface area contributed by atoms with Crippen molar-refractivity contribution in [3.05, 3.63) is 58.2 Å². The van der Waals surface area contributed by atoms with E-state index in [4.69, 9.17) is 0 Å². The van der Waals surface area contributed by atoms with Gasteiger partial charge in [-0.05, 0) is 36.6 Å². The van der Waals surface area contributed by atoms with E-state index in [9.17, 15) is 4.79 Å². The molecule has 1 heterocycles. The molecule has 0 saturated carbocycles. The van der Waals surface area contributed by atoms with E-state index in [1.54, 1.807) is 6.20 Å². The van der Waals surface area contributed by atoms with Crippen LogP contribution in [0.5, 0.6) is 0 Å². The molecular weight excluding hydrogens is 304 g/mol. The summed E-state index contributed by atoms with van der Waals surface area (Å²) >= 11 is 3.48. The number of hydrogen-bond donors (Lipinski definition) is 1. The Balaban J connectivity index is 1.88. The lowest BCUT2D eigenvalue weighted by Gasteiger charge is -2.06. The number of aryl methyl sites for hydroxylation is 2. The van der Waals surface area contributed by atoms with Crippen molar-refractivity contribution in [1.82, 2.24) is 4.98 Å². The molecule has 1 N–H and O–H groups in total. The zero-order chi connectivity index (χ0) is 13.7. The zero-order valence-electron chi connectivity index (χ0n) is 10.7. The molecule has 0 aliphatic rings. The number of rotatable bonds is 4. The van der Waals surface area contributed by atoms with Gasteiger partial charge in [0.2, 0.25) is 5.91 Å². The fourth-order valence-electron chi connectivity index (χ4n) is 1.70. The average Bonchev–Trinajstić information content (AvgIpc) is 2.40. The molecule has 1 aromatic heterocycles. The molecule has 0 fully saturated rings. The highest BCUT2D eigenvalue weighted by Crippen LogP contribution is 2.17. The molecular formula is C15H15BrN2O. The van der Waals surface area contributed by atoms with Crippen molar-refractivity contribution < 1.29 is 4.79 Å². The fraction of sp³-hybridized carbons (Fsp3) is 0.200. The Morgan fingerprint density at radius 2 is 2.05 bits per heavy atom. The Labute approximate surface area is 121 Å². The first-order chi connectivity index (χ1) is 9.15. The van der Waals surface area contributed by atoms with Gasteiger partial charge in [-0.1, -0.05) is 40.2 Å². The van der Waals surface area contributed by atoms with Crippen LogP contribution in [0.3, 0.4) is 0 Å². The standard InChI is InChI=1S/C15H15BrN2O/c1-11-6-8-14(17-10-11)18-15(19)9-7-12-4-2-3-5-13(12)16/h2-6,8,10H,7,9H2,1H3,(H,17,18,19). The van der Waals surface area contributed by atoms with Gasteiger partial charge in [0.25, 0.3) is 0 Å². The number of nitrogens with zero attached hydrogens (tertiary/aromatic N) is 1. The molecule has 2 rings (SSSR count). The van der Waals surface area contributed by atoms with Gasteiger partial charge in [0, 0.05) is 17.1 Å². The second-order valence-corrected chi connectivity index (χ2v) is 5.21. The zero-order valence-corrected chi connectivity index (χ0v) is 12.3. The molecule has 0 radical (unpaired) electrons. The summed E-state index contributed by atoms with van der Waals surface area (Å²) in [6.45, 7) is 1.96. The van der Waals surface area contributed by atoms with Crippen LogP contribution in [-0.4, -0.2) is 10.9 Å². The maximum absolute atomic E-state index is 11.8. The summed E-state index contributed by atoms with van der Waals surface area (Å²) in [6, 6.07) is 11.7. The molecule has 0 aliphatic heterocycles. The van der Waals surface area contributed by atoms with Crippen LogP contribution in [0.15, 0.2) is 47.1 Å². The second kappa shape index (κ2) is 6.48. The molecule has 0 atom stereocenters. The Bertz CT molecular complexity index is 567. The maximum atomic E-state index is 11.8. The molecule has 19 heavy (non-hydrogen) atoms. The van der Waals surface area contributed by atoms with Gasteiger partial charge in [-0.25, -0.2) is 4.98 Å². The Morgan fingerprint density at radius 3 is 2.74 bits per heavy atom. The number of halogens is 1. The van der Waals surface area contributed by atoms with Gasteiger partial charge in [-0.3, -0.25) is 4.79 Å². The predicted molar refractivity (Wildman–Crippen MR) is 80.1 cm³/mol. The number of nitrogens with one attached hydrogen (secondary N) is 1. The third-order valence-electron chi connectivity index (χ3n) is 2.76. The number of hydrogen-bond acceptors (Lipinski definition) is 2. The molecule has 0 aliphatic carbocycles. The van der Waals surface area contributed by atoms with Crippen LogP contribution in [0.25, 0.3) is 0 Å². The summed E-state index contributed by atoms with van der Waals surface area (Å²) < 4.78 is 1.04. The summed E-state index contributed by atoms with van der Waals surface area (Å²) in [4.78, 5) is 16.0. The van der Waals surface area contributed by atoms with Crippen LogP contribution >= 0.6 is 15.9 Å². The molecule has 0 unspecified atom stereocenters. The van der Waals surface area contributed by atoms with Gasteiger partial charge in [0.15, 0.2) is 0 Å². The van der Waals surface area contributed by atoms with Crippen LogP contribution in [-0.2, 0) is 11.2 Å². The average molecular weight is 319 g/mol. The largest absolute Gasteiger partial charge is 0.311 e. The van der Waals surface area contributed by atoms with Crippen LogP contribution in [0.4, 0.5) is 5.82 Å². The molecule has 3 nitrogen and oxygen atoms in total. The fourth-order valence-corrected chi connectivity index (χ4v) is 2.18. The Hall–Kier alpha value is -1.68. The van der Waals surface area contributed by atoms with Crippen LogP contribution in [0, 0.1) is 6.92 Å². The van der Waals surface area contributed by atoms with E-state index in [1.807, 2.05) is 43.3 Å². The minimum absolute atomic E-state index is 0.0212. The number of aromatic nitrogens is 1. The SMILES string of the molecule is Cc1ccc(NC(=O)CCc2ccccc2Br)nc1. The van der Waals surface area contributed by atoms with Gasteiger partial charge in [-0.15, -0.1) is 0 Å². The van der Waals surface area contributed by atoms with Gasteiger partial charge in [0.05, 0.1) is 0 Å². The third kappa shape index (κ3) is 4.17. The van der Waals surface area contributed by atoms with Gasteiger partial charge in [0.1, 0.15) is 5.82 Å². The van der Waals surface area contributed by atoms with Crippen molar-refractivity contribution in [2.45, 2.75) is 19.8 Å². The third-order valence-corrected chi connectivity index (χ3v) is 3.53. The number of benzene rings is 1. The first-order valence-electron chi connectivity index (χ1n) is 6.11. The molecule has 4 heteroatoms. The van der Waals surface area contributed by atoms with Crippen molar-refractivity contribution in [3.8, 4) is 0 Å². The normalized spacial score (nSPS) is 10.2. The monoisotopic (exact) mass is 318 g/mol. The summed E-state index contributed by atoms with van der Waals surface area (Å²) in [7, 11) is 0. The number of carbonyl (C=O) groups is 1. The minimum atomic E-state index is -0.0212. The van der Waals surface area contributed by atoms with E-state index < -0.39 is 0 Å². The van der Waals surface area contributed by atoms with Crippen molar-refractivity contribution in [3.63, 3.8) is 0 Å². The molecule has 2 aromatic rings. The Morgan fingerprint density at radius 1 is 1.26 bits per heavy atom. The van der Waals surface area contributed by atoms with Crippen LogP contribution in [0.2, 0.25) is 0 Å². The predicted octanol–water partition coefficient (Wildman–Crippen LogP) is 3.72. The van der Waals surface area contributed by atoms with Crippen LogP contribution in [0.1, 0.15) is 17.5 Å². The van der Waals surface area contributed by atoms with Gasteiger partial charge < -0.3 is 5.32 Å². The van der Waals surface area contributed by atoms with Gasteiger partial charge in [-0.2, -0.15) is 0 Å². The van der Waals surface area contributed by atoms with E-state index in [2.05, 4.69) is 26.2 Å². The van der Waals surface area contributed by atoms with E-state index in [0.717, 1.165) is 15.6 Å². The molecule has 0 spiro atoms. The lowest BCUT2D eigenvalue weighted by Crippen LogP contribution is -2.13. The van der Waals surface area contributed by atoms with Crippen molar-refractivity contribution in [2.75, 3.05) is 5.32 Å². The smallest absolute Gasteiger partial charge is 0.225 e. The van der Waals surface area contributed by atoms with E-state index in [0.29, 0.717) is 18.7 Å². The summed E-state index contributed by atoms with van der Waals surface area (Å²) in [6.07, 6.45) is 2.89. The molecule has 0 saturated heterocycles. The summed E-state index contributed by atoms with van der Waals surface area (Å²) in [5.74, 6) is 0.579. The highest BCUT2D eigenvalue weighted by molar-refractivity contribution is 9.10. The van der Waals surface area contributed by atoms with Crippen molar-refractivity contribution in [2.24, 2.45) is 0 Å². The molecule has 98 valence electrons. The maximum Gasteiger partial charge on any atom is 0.225 e. The van der Waals surface area contributed by atoms with E-state index >= 15 is 0 Å². The first kappa shape index (κ1) is 13.7. The molecule has 1 aromatic carbocycles. The lowest BCUT2D eigenvalue weighted by molar-refractivity contribution is -0.116. The number of amides is 1. The topological polar surface area (TPSA) is 42.0 Å².